The van der Waals surface area contributed by atoms with Gasteiger partial charge in [0.05, 0.1) is 11.6 Å². The van der Waals surface area contributed by atoms with Crippen molar-refractivity contribution in [3.63, 3.8) is 0 Å². The van der Waals surface area contributed by atoms with E-state index in [2.05, 4.69) is 36.9 Å². The summed E-state index contributed by atoms with van der Waals surface area (Å²) >= 11 is 1.36. The van der Waals surface area contributed by atoms with Gasteiger partial charge in [-0.15, -0.1) is 47.5 Å². The van der Waals surface area contributed by atoms with E-state index >= 15 is 0 Å². The van der Waals surface area contributed by atoms with Crippen LogP contribution in [-0.2, 0) is 23.0 Å². The summed E-state index contributed by atoms with van der Waals surface area (Å²) in [5, 5.41) is 1.58. The van der Waals surface area contributed by atoms with Gasteiger partial charge in [0.15, 0.2) is 0 Å². The Morgan fingerprint density at radius 1 is 0.571 bits per heavy atom. The first-order valence-corrected chi connectivity index (χ1v) is 18.0. The van der Waals surface area contributed by atoms with E-state index < -0.39 is 0 Å². The van der Waals surface area contributed by atoms with Crippen LogP contribution in [0.2, 0.25) is 6.55 Å². The van der Waals surface area contributed by atoms with Crippen LogP contribution in [-0.4, -0.2) is 5.49 Å². The zero-order chi connectivity index (χ0) is 23.5. The van der Waals surface area contributed by atoms with Crippen molar-refractivity contribution in [3.8, 4) is 22.3 Å². The molecule has 0 saturated heterocycles. The maximum atomic E-state index is 12.8. The van der Waals surface area contributed by atoms with Crippen LogP contribution < -0.4 is 30.0 Å². The van der Waals surface area contributed by atoms with Crippen LogP contribution in [0.3, 0.4) is 0 Å². The first-order chi connectivity index (χ1) is 16.0. The van der Waals surface area contributed by atoms with Crippen molar-refractivity contribution in [2.45, 2.75) is 6.55 Å². The summed E-state index contributed by atoms with van der Waals surface area (Å²) in [6.45, 7) is 2.37. The summed E-state index contributed by atoms with van der Waals surface area (Å²) in [6.07, 6.45) is 0. The SMILES string of the molecule is C[Si](=[Hf+2])c1ccccc1.Fc1cccc(-[c-]2cccc2)c1.Fc1cccc(-[c-]2cccc2)c1.[Cl-].[Cl-]. The molecular formula is C29H24Cl2F2HfSi-2. The summed E-state index contributed by atoms with van der Waals surface area (Å²) in [7, 11) is 0. The van der Waals surface area contributed by atoms with Gasteiger partial charge in [0.25, 0.3) is 0 Å². The molecular weight excluding hydrogens is 664 g/mol. The summed E-state index contributed by atoms with van der Waals surface area (Å²) < 4.78 is 25.5. The average molecular weight is 688 g/mol. The zero-order valence-corrected chi connectivity index (χ0v) is 25.2. The number of halogens is 4. The van der Waals surface area contributed by atoms with Crippen LogP contribution in [0.15, 0.2) is 127 Å². The van der Waals surface area contributed by atoms with Crippen LogP contribution in [0.5, 0.6) is 0 Å². The molecule has 0 saturated carbocycles. The van der Waals surface area contributed by atoms with Crippen molar-refractivity contribution in [3.05, 3.63) is 139 Å². The molecule has 0 N–H and O–H groups in total. The fourth-order valence-electron chi connectivity index (χ4n) is 3.16. The van der Waals surface area contributed by atoms with Gasteiger partial charge in [-0.2, -0.15) is 24.3 Å². The van der Waals surface area contributed by atoms with Gasteiger partial charge in [-0.25, -0.2) is 8.78 Å². The molecule has 0 atom stereocenters. The first kappa shape index (κ1) is 30.9. The van der Waals surface area contributed by atoms with E-state index in [0.29, 0.717) is 0 Å². The van der Waals surface area contributed by atoms with Gasteiger partial charge in [0.1, 0.15) is 0 Å². The molecule has 0 aliphatic carbocycles. The summed E-state index contributed by atoms with van der Waals surface area (Å²) in [6, 6.07) is 39.7. The molecule has 0 nitrogen and oxygen atoms in total. The maximum absolute atomic E-state index is 12.8. The molecule has 0 bridgehead atoms. The Morgan fingerprint density at radius 2 is 0.971 bits per heavy atom. The predicted octanol–water partition coefficient (Wildman–Crippen LogP) is 1.49. The second-order valence-electron chi connectivity index (χ2n) is 7.36. The third kappa shape index (κ3) is 10.6. The Kier molecular flexibility index (Phi) is 14.6. The molecule has 0 fully saturated rings. The largest absolute Gasteiger partial charge is 1.00 e. The van der Waals surface area contributed by atoms with Crippen molar-refractivity contribution in [2.24, 2.45) is 0 Å². The Balaban J connectivity index is 0.000000258. The van der Waals surface area contributed by atoms with E-state index in [4.69, 9.17) is 0 Å². The summed E-state index contributed by atoms with van der Waals surface area (Å²) in [4.78, 5) is 0. The van der Waals surface area contributed by atoms with Crippen molar-refractivity contribution in [2.75, 3.05) is 0 Å². The number of rotatable bonds is 3. The van der Waals surface area contributed by atoms with Gasteiger partial charge < -0.3 is 24.8 Å². The minimum Gasteiger partial charge on any atom is -1.00 e. The van der Waals surface area contributed by atoms with Crippen LogP contribution in [0.25, 0.3) is 22.3 Å². The second-order valence-corrected chi connectivity index (χ2v) is 17.3. The third-order valence-electron chi connectivity index (χ3n) is 4.85. The van der Waals surface area contributed by atoms with Crippen molar-refractivity contribution in [1.82, 2.24) is 0 Å². The molecule has 5 rings (SSSR count). The summed E-state index contributed by atoms with van der Waals surface area (Å²) in [5.41, 5.74) is 3.92. The standard InChI is InChI=1S/2C11H8F.C7H8Si.2ClH.Hf/c2*12-11-7-3-6-10(8-11)9-4-1-2-5-9;1-8-7-5-3-2-4-6-7;;;/h2*1-8H;2-6H,1H3;2*1H;/q2*-1;;;;+2/p-2. The van der Waals surface area contributed by atoms with E-state index in [9.17, 15) is 8.78 Å². The second kappa shape index (κ2) is 16.5. The van der Waals surface area contributed by atoms with E-state index in [-0.39, 0.29) is 41.9 Å². The fourth-order valence-corrected chi connectivity index (χ4v) is 5.65. The normalized spacial score (nSPS) is 9.29. The van der Waals surface area contributed by atoms with Gasteiger partial charge in [0, 0.05) is 0 Å². The van der Waals surface area contributed by atoms with Crippen LogP contribution in [0.4, 0.5) is 8.78 Å². The Morgan fingerprint density at radius 3 is 1.29 bits per heavy atom. The van der Waals surface area contributed by atoms with Gasteiger partial charge >= 0.3 is 70.6 Å². The van der Waals surface area contributed by atoms with Gasteiger partial charge in [-0.1, -0.05) is 35.4 Å². The van der Waals surface area contributed by atoms with Crippen LogP contribution in [0.1, 0.15) is 0 Å². The molecule has 0 spiro atoms. The average Bonchev–Trinajstić information content (AvgIpc) is 3.55. The number of benzene rings is 3. The summed E-state index contributed by atoms with van der Waals surface area (Å²) in [5.74, 6) is -0.373. The number of hydrogen-bond donors (Lipinski definition) is 0. The molecule has 178 valence electrons. The zero-order valence-electron chi connectivity index (χ0n) is 19.1. The third-order valence-corrected chi connectivity index (χ3v) is 9.16. The first-order valence-electron chi connectivity index (χ1n) is 10.6. The van der Waals surface area contributed by atoms with Crippen molar-refractivity contribution >= 4 is 10.7 Å². The van der Waals surface area contributed by atoms with Crippen molar-refractivity contribution in [1.29, 1.82) is 0 Å². The molecule has 0 heterocycles. The van der Waals surface area contributed by atoms with E-state index in [0.717, 1.165) is 22.3 Å². The molecule has 0 aliphatic rings. The Bertz CT molecular complexity index is 1180. The molecule has 5 aromatic rings. The quantitative estimate of drug-likeness (QED) is 0.200. The van der Waals surface area contributed by atoms with Gasteiger partial charge in [-0.05, 0) is 12.1 Å². The fraction of sp³-hybridized carbons (Fsp3) is 0.0345. The van der Waals surface area contributed by atoms with Crippen LogP contribution in [0, 0.1) is 11.6 Å². The molecule has 5 aromatic carbocycles. The Labute approximate surface area is 233 Å². The smallest absolute Gasteiger partial charge is 0.0898 e. The minimum absolute atomic E-state index is 0. The van der Waals surface area contributed by atoms with E-state index in [1.54, 1.807) is 17.3 Å². The topological polar surface area (TPSA) is 0 Å². The number of hydrogen-bond acceptors (Lipinski definition) is 0. The molecule has 0 amide bonds. The van der Waals surface area contributed by atoms with Crippen molar-refractivity contribution < 1.29 is 56.6 Å². The predicted molar refractivity (Wildman–Crippen MR) is 133 cm³/mol. The molecule has 0 unspecified atom stereocenters. The van der Waals surface area contributed by atoms with Crippen LogP contribution >= 0.6 is 0 Å². The molecule has 0 aliphatic heterocycles. The monoisotopic (exact) mass is 688 g/mol. The molecule has 0 aromatic heterocycles. The molecule has 6 heteroatoms. The van der Waals surface area contributed by atoms with E-state index in [1.165, 1.54) is 47.3 Å². The van der Waals surface area contributed by atoms with Gasteiger partial charge in [0.2, 0.25) is 0 Å². The van der Waals surface area contributed by atoms with E-state index in [1.807, 2.05) is 60.7 Å². The van der Waals surface area contributed by atoms with Gasteiger partial charge in [-0.3, -0.25) is 0 Å². The Hall–Kier alpha value is -2.11. The molecule has 0 radical (unpaired) electrons. The molecule has 35 heavy (non-hydrogen) atoms. The maximum Gasteiger partial charge on any atom is 0.0898 e. The minimum atomic E-state index is -0.186.